The molecule has 1 fully saturated rings. The van der Waals surface area contributed by atoms with Crippen molar-refractivity contribution in [3.05, 3.63) is 28.2 Å². The third kappa shape index (κ3) is 2.97. The maximum Gasteiger partial charge on any atom is 0.273 e. The number of amides is 1. The van der Waals surface area contributed by atoms with Crippen LogP contribution < -0.4 is 11.1 Å². The van der Waals surface area contributed by atoms with Crippen LogP contribution in [0.15, 0.2) is 22.7 Å². The zero-order chi connectivity index (χ0) is 15.0. The summed E-state index contributed by atoms with van der Waals surface area (Å²) in [5.74, 6) is 0.736. The number of hydrogen-bond acceptors (Lipinski definition) is 5. The van der Waals surface area contributed by atoms with Gasteiger partial charge in [-0.15, -0.1) is 11.3 Å². The van der Waals surface area contributed by atoms with Crippen LogP contribution >= 0.6 is 22.9 Å². The fourth-order valence-corrected chi connectivity index (χ4v) is 3.30. The monoisotopic (exact) mass is 325 g/mol. The predicted octanol–water partition coefficient (Wildman–Crippen LogP) is 2.91. The number of carbonyl (C=O) groups is 1. The summed E-state index contributed by atoms with van der Waals surface area (Å²) in [5.41, 5.74) is 5.69. The van der Waals surface area contributed by atoms with Gasteiger partial charge in [0.1, 0.15) is 0 Å². The van der Waals surface area contributed by atoms with E-state index in [1.54, 1.807) is 12.1 Å². The fraction of sp³-hybridized carbons (Fsp3) is 0.429. The van der Waals surface area contributed by atoms with Gasteiger partial charge in [0.05, 0.1) is 14.8 Å². The van der Waals surface area contributed by atoms with Crippen molar-refractivity contribution in [2.24, 2.45) is 11.7 Å². The Hall–Kier alpha value is -1.37. The molecular weight excluding hydrogens is 310 g/mol. The predicted molar refractivity (Wildman–Crippen MR) is 82.5 cm³/mol. The molecule has 1 saturated carbocycles. The zero-order valence-electron chi connectivity index (χ0n) is 11.6. The van der Waals surface area contributed by atoms with E-state index in [1.807, 2.05) is 13.0 Å². The van der Waals surface area contributed by atoms with Gasteiger partial charge in [0.2, 0.25) is 0 Å². The number of aromatic nitrogens is 1. The highest BCUT2D eigenvalue weighted by Crippen LogP contribution is 2.39. The Morgan fingerprint density at radius 1 is 1.62 bits per heavy atom. The fourth-order valence-electron chi connectivity index (χ4n) is 2.31. The van der Waals surface area contributed by atoms with Gasteiger partial charge in [-0.2, -0.15) is 0 Å². The van der Waals surface area contributed by atoms with Crippen molar-refractivity contribution in [1.29, 1.82) is 0 Å². The molecule has 0 aromatic carbocycles. The maximum atomic E-state index is 12.3. The van der Waals surface area contributed by atoms with E-state index in [4.69, 9.17) is 21.9 Å². The standard InChI is InChI=1S/C14H16ClN3O2S/c1-14(7-16,8-2-3-8)17-13(19)9-6-10(20-18-9)11-4-5-12(15)21-11/h4-6,8H,2-3,7,16H2,1H3,(H,17,19). The van der Waals surface area contributed by atoms with Crippen molar-refractivity contribution in [1.82, 2.24) is 10.5 Å². The minimum absolute atomic E-state index is 0.257. The average Bonchev–Trinajstić information content (AvgIpc) is 3.05. The molecule has 7 heteroatoms. The van der Waals surface area contributed by atoms with Crippen molar-refractivity contribution in [3.63, 3.8) is 0 Å². The van der Waals surface area contributed by atoms with Gasteiger partial charge in [0.25, 0.3) is 5.91 Å². The maximum absolute atomic E-state index is 12.3. The lowest BCUT2D eigenvalue weighted by molar-refractivity contribution is 0.0888. The molecule has 2 heterocycles. The highest BCUT2D eigenvalue weighted by molar-refractivity contribution is 7.19. The number of nitrogens with two attached hydrogens (primary N) is 1. The summed E-state index contributed by atoms with van der Waals surface area (Å²) in [4.78, 5) is 13.1. The zero-order valence-corrected chi connectivity index (χ0v) is 13.1. The summed E-state index contributed by atoms with van der Waals surface area (Å²) < 4.78 is 5.88. The van der Waals surface area contributed by atoms with Crippen molar-refractivity contribution in [3.8, 4) is 10.6 Å². The lowest BCUT2D eigenvalue weighted by atomic mass is 9.96. The van der Waals surface area contributed by atoms with Crippen LogP contribution in [-0.4, -0.2) is 23.1 Å². The largest absolute Gasteiger partial charge is 0.355 e. The van der Waals surface area contributed by atoms with Crippen LogP contribution in [0.3, 0.4) is 0 Å². The van der Waals surface area contributed by atoms with Crippen LogP contribution in [0.1, 0.15) is 30.3 Å². The SMILES string of the molecule is CC(CN)(NC(=O)c1cc(-c2ccc(Cl)s2)on1)C1CC1. The van der Waals surface area contributed by atoms with Crippen LogP contribution in [0.5, 0.6) is 0 Å². The van der Waals surface area contributed by atoms with Crippen molar-refractivity contribution < 1.29 is 9.32 Å². The molecule has 0 saturated heterocycles. The second-order valence-corrected chi connectivity index (χ2v) is 7.25. The summed E-state index contributed by atoms with van der Waals surface area (Å²) in [6.45, 7) is 2.39. The summed E-state index contributed by atoms with van der Waals surface area (Å²) in [7, 11) is 0. The van der Waals surface area contributed by atoms with Gasteiger partial charge in [-0.25, -0.2) is 0 Å². The molecule has 1 amide bonds. The van der Waals surface area contributed by atoms with E-state index in [9.17, 15) is 4.79 Å². The van der Waals surface area contributed by atoms with Crippen LogP contribution in [0, 0.1) is 5.92 Å². The minimum Gasteiger partial charge on any atom is -0.355 e. The molecule has 2 aromatic rings. The van der Waals surface area contributed by atoms with Gasteiger partial charge in [0, 0.05) is 12.6 Å². The molecule has 5 nitrogen and oxygen atoms in total. The van der Waals surface area contributed by atoms with E-state index < -0.39 is 0 Å². The Balaban J connectivity index is 1.75. The Labute approximate surface area is 131 Å². The molecule has 3 N–H and O–H groups in total. The summed E-state index contributed by atoms with van der Waals surface area (Å²) >= 11 is 7.27. The highest BCUT2D eigenvalue weighted by atomic mass is 35.5. The smallest absolute Gasteiger partial charge is 0.273 e. The lowest BCUT2D eigenvalue weighted by Gasteiger charge is -2.28. The van der Waals surface area contributed by atoms with E-state index >= 15 is 0 Å². The first-order chi connectivity index (χ1) is 10.0. The number of thiophene rings is 1. The normalized spacial score (nSPS) is 17.5. The van der Waals surface area contributed by atoms with Gasteiger partial charge < -0.3 is 15.6 Å². The second-order valence-electron chi connectivity index (χ2n) is 5.53. The molecule has 2 aromatic heterocycles. The molecule has 0 bridgehead atoms. The van der Waals surface area contributed by atoms with Crippen LogP contribution in [0.2, 0.25) is 4.34 Å². The van der Waals surface area contributed by atoms with Crippen molar-refractivity contribution in [2.45, 2.75) is 25.3 Å². The average molecular weight is 326 g/mol. The van der Waals surface area contributed by atoms with Gasteiger partial charge >= 0.3 is 0 Å². The molecule has 112 valence electrons. The van der Waals surface area contributed by atoms with E-state index in [1.165, 1.54) is 11.3 Å². The van der Waals surface area contributed by atoms with Crippen molar-refractivity contribution in [2.75, 3.05) is 6.54 Å². The Morgan fingerprint density at radius 2 is 2.38 bits per heavy atom. The number of carbonyl (C=O) groups excluding carboxylic acids is 1. The molecule has 1 aliphatic rings. The quantitative estimate of drug-likeness (QED) is 0.885. The van der Waals surface area contributed by atoms with E-state index in [0.717, 1.165) is 17.7 Å². The van der Waals surface area contributed by atoms with Crippen LogP contribution in [0.25, 0.3) is 10.6 Å². The Bertz CT molecular complexity index is 665. The molecule has 0 aliphatic heterocycles. The number of halogens is 1. The van der Waals surface area contributed by atoms with E-state index in [-0.39, 0.29) is 17.1 Å². The van der Waals surface area contributed by atoms with Crippen LogP contribution in [-0.2, 0) is 0 Å². The molecule has 0 spiro atoms. The van der Waals surface area contributed by atoms with Gasteiger partial charge in [-0.3, -0.25) is 4.79 Å². The van der Waals surface area contributed by atoms with E-state index in [2.05, 4.69) is 10.5 Å². The molecule has 21 heavy (non-hydrogen) atoms. The second kappa shape index (κ2) is 5.44. The Morgan fingerprint density at radius 3 is 2.95 bits per heavy atom. The summed E-state index contributed by atoms with van der Waals surface area (Å²) in [6.07, 6.45) is 2.21. The van der Waals surface area contributed by atoms with Crippen molar-refractivity contribution >= 4 is 28.8 Å². The van der Waals surface area contributed by atoms with Gasteiger partial charge in [-0.05, 0) is 37.8 Å². The first-order valence-electron chi connectivity index (χ1n) is 6.77. The Kier molecular flexibility index (Phi) is 3.77. The number of rotatable bonds is 5. The third-order valence-corrected chi connectivity index (χ3v) is 5.11. The minimum atomic E-state index is -0.373. The molecular formula is C14H16ClN3O2S. The van der Waals surface area contributed by atoms with Gasteiger partial charge in [-0.1, -0.05) is 16.8 Å². The third-order valence-electron chi connectivity index (χ3n) is 3.86. The van der Waals surface area contributed by atoms with Crippen LogP contribution in [0.4, 0.5) is 0 Å². The highest BCUT2D eigenvalue weighted by Gasteiger charge is 2.42. The topological polar surface area (TPSA) is 81.1 Å². The van der Waals surface area contributed by atoms with Gasteiger partial charge in [0.15, 0.2) is 11.5 Å². The summed E-state index contributed by atoms with van der Waals surface area (Å²) in [5, 5.41) is 6.82. The molecule has 1 unspecified atom stereocenters. The lowest BCUT2D eigenvalue weighted by Crippen LogP contribution is -2.53. The molecule has 1 atom stereocenters. The summed E-state index contributed by atoms with van der Waals surface area (Å²) in [6, 6.07) is 5.24. The molecule has 1 aliphatic carbocycles. The number of hydrogen-bond donors (Lipinski definition) is 2. The first kappa shape index (κ1) is 14.6. The molecule has 3 rings (SSSR count). The number of nitrogens with one attached hydrogen (secondary N) is 1. The first-order valence-corrected chi connectivity index (χ1v) is 7.96. The number of nitrogens with zero attached hydrogens (tertiary/aromatic N) is 1. The van der Waals surface area contributed by atoms with E-state index in [0.29, 0.717) is 22.6 Å². The molecule has 0 radical (unpaired) electrons.